The molecule has 0 atom stereocenters. The number of rotatable bonds is 3. The minimum Gasteiger partial charge on any atom is -0.437 e. The van der Waals surface area contributed by atoms with E-state index in [2.05, 4.69) is 128 Å². The lowest BCUT2D eigenvalue weighted by Crippen LogP contribution is -2.03. The molecule has 0 fully saturated rings. The quantitative estimate of drug-likeness (QED) is 0.195. The van der Waals surface area contributed by atoms with E-state index < -0.39 is 0 Å². The number of para-hydroxylation sites is 3. The average Bonchev–Trinajstić information content (AvgIpc) is 3.82. The molecule has 49 heavy (non-hydrogen) atoms. The van der Waals surface area contributed by atoms with E-state index in [9.17, 15) is 0 Å². The van der Waals surface area contributed by atoms with Gasteiger partial charge in [0.2, 0.25) is 11.7 Å². The van der Waals surface area contributed by atoms with Crippen LogP contribution in [0.1, 0.15) is 0 Å². The summed E-state index contributed by atoms with van der Waals surface area (Å²) < 4.78 is 10.9. The maximum atomic E-state index is 6.47. The minimum atomic E-state index is 0.555. The summed E-state index contributed by atoms with van der Waals surface area (Å²) in [4.78, 5) is 19.4. The molecule has 11 aromatic rings. The van der Waals surface area contributed by atoms with Gasteiger partial charge in [0.15, 0.2) is 0 Å². The normalized spacial score (nSPS) is 12.1. The number of furan rings is 1. The molecule has 0 radical (unpaired) electrons. The molecule has 0 aliphatic rings. The molecule has 11 rings (SSSR count). The van der Waals surface area contributed by atoms with Crippen LogP contribution in [0.5, 0.6) is 0 Å². The predicted octanol–water partition coefficient (Wildman–Crippen LogP) is 10.2. The van der Waals surface area contributed by atoms with E-state index in [1.54, 1.807) is 12.5 Å². The first-order valence-electron chi connectivity index (χ1n) is 16.2. The lowest BCUT2D eigenvalue weighted by atomic mass is 10.0. The summed E-state index contributed by atoms with van der Waals surface area (Å²) in [5, 5.41) is 8.80. The Kier molecular flexibility index (Phi) is 5.26. The summed E-state index contributed by atoms with van der Waals surface area (Å²) in [6.45, 7) is 0. The molecule has 0 saturated carbocycles. The largest absolute Gasteiger partial charge is 0.437 e. The molecule has 7 nitrogen and oxygen atoms in total. The zero-order chi connectivity index (χ0) is 32.1. The third kappa shape index (κ3) is 3.66. The number of hydrogen-bond acceptors (Lipinski definition) is 5. The predicted molar refractivity (Wildman–Crippen MR) is 197 cm³/mol. The number of benzene rings is 6. The Hall–Kier alpha value is -6.86. The molecule has 0 aliphatic carbocycles. The second-order valence-corrected chi connectivity index (χ2v) is 12.3. The standard InChI is InChI=1S/C42H24N6O/c1-2-10-26-23-27(18-17-25(26)9-1)40-39-30-13-5-8-16-35(30)49-41(39)46-42(45-40)48-32-15-7-4-12-29(32)38-34(48)20-19-33-37(38)28-11-3-6-14-31(28)47(33)36-21-22-43-24-44-36/h1-24H. The molecule has 5 aromatic heterocycles. The molecular formula is C42H24N6O. The van der Waals surface area contributed by atoms with Crippen LogP contribution in [0.2, 0.25) is 0 Å². The third-order valence-electron chi connectivity index (χ3n) is 9.72. The molecule has 0 amide bonds. The first-order chi connectivity index (χ1) is 24.3. The van der Waals surface area contributed by atoms with Crippen molar-refractivity contribution in [1.29, 1.82) is 0 Å². The summed E-state index contributed by atoms with van der Waals surface area (Å²) in [5.41, 5.74) is 7.37. The SMILES string of the molecule is c1ccc2cc(-c3nc(-n4c5ccccc5c5c6c7ccccc7n(-c7ccncn7)c6ccc54)nc4oc5ccccc5c34)ccc2c1. The molecular weight excluding hydrogens is 605 g/mol. The Morgan fingerprint density at radius 2 is 1.18 bits per heavy atom. The van der Waals surface area contributed by atoms with Gasteiger partial charge in [0.05, 0.1) is 33.1 Å². The van der Waals surface area contributed by atoms with E-state index in [-0.39, 0.29) is 0 Å². The van der Waals surface area contributed by atoms with Gasteiger partial charge < -0.3 is 4.42 Å². The van der Waals surface area contributed by atoms with Crippen LogP contribution in [0.3, 0.4) is 0 Å². The maximum Gasteiger partial charge on any atom is 0.238 e. The zero-order valence-electron chi connectivity index (χ0n) is 25.9. The summed E-state index contributed by atoms with van der Waals surface area (Å²) in [6.07, 6.45) is 3.38. The van der Waals surface area contributed by atoms with Crippen LogP contribution < -0.4 is 0 Å². The van der Waals surface area contributed by atoms with Crippen LogP contribution in [0, 0.1) is 0 Å². The highest BCUT2D eigenvalue weighted by atomic mass is 16.3. The molecule has 5 heterocycles. The maximum absolute atomic E-state index is 6.47. The highest BCUT2D eigenvalue weighted by Crippen LogP contribution is 2.43. The zero-order valence-corrected chi connectivity index (χ0v) is 25.9. The Morgan fingerprint density at radius 1 is 0.510 bits per heavy atom. The molecule has 0 aliphatic heterocycles. The van der Waals surface area contributed by atoms with E-state index in [4.69, 9.17) is 14.4 Å². The molecule has 0 bridgehead atoms. The van der Waals surface area contributed by atoms with Gasteiger partial charge in [-0.15, -0.1) is 0 Å². The lowest BCUT2D eigenvalue weighted by Gasteiger charge is -2.10. The fraction of sp³-hybridized carbons (Fsp3) is 0. The third-order valence-corrected chi connectivity index (χ3v) is 9.72. The molecule has 0 spiro atoms. The highest BCUT2D eigenvalue weighted by molar-refractivity contribution is 6.28. The van der Waals surface area contributed by atoms with Gasteiger partial charge in [0.1, 0.15) is 17.7 Å². The summed E-state index contributed by atoms with van der Waals surface area (Å²) in [5.74, 6) is 1.38. The molecule has 0 N–H and O–H groups in total. The monoisotopic (exact) mass is 628 g/mol. The van der Waals surface area contributed by atoms with E-state index >= 15 is 0 Å². The van der Waals surface area contributed by atoms with Gasteiger partial charge in [-0.1, -0.05) is 91.0 Å². The van der Waals surface area contributed by atoms with Gasteiger partial charge in [-0.05, 0) is 53.2 Å². The second kappa shape index (κ2) is 9.82. The van der Waals surface area contributed by atoms with Gasteiger partial charge in [0, 0.05) is 38.7 Å². The van der Waals surface area contributed by atoms with Crippen molar-refractivity contribution < 1.29 is 4.42 Å². The topological polar surface area (TPSA) is 74.6 Å². The van der Waals surface area contributed by atoms with Gasteiger partial charge in [-0.25, -0.2) is 15.0 Å². The van der Waals surface area contributed by atoms with Gasteiger partial charge >= 0.3 is 0 Å². The van der Waals surface area contributed by atoms with Crippen LogP contribution >= 0.6 is 0 Å². The van der Waals surface area contributed by atoms with Crippen molar-refractivity contribution >= 4 is 76.5 Å². The van der Waals surface area contributed by atoms with Gasteiger partial charge in [-0.3, -0.25) is 9.13 Å². The van der Waals surface area contributed by atoms with Crippen LogP contribution in [0.15, 0.2) is 150 Å². The average molecular weight is 629 g/mol. The Morgan fingerprint density at radius 3 is 1.96 bits per heavy atom. The fourth-order valence-electron chi connectivity index (χ4n) is 7.65. The van der Waals surface area contributed by atoms with E-state index in [0.29, 0.717) is 11.7 Å². The fourth-order valence-corrected chi connectivity index (χ4v) is 7.65. The van der Waals surface area contributed by atoms with Gasteiger partial charge in [0.25, 0.3) is 0 Å². The second-order valence-electron chi connectivity index (χ2n) is 12.3. The first kappa shape index (κ1) is 26.2. The molecule has 0 unspecified atom stereocenters. The molecule has 0 saturated heterocycles. The van der Waals surface area contributed by atoms with Crippen molar-refractivity contribution in [3.63, 3.8) is 0 Å². The summed E-state index contributed by atoms with van der Waals surface area (Å²) >= 11 is 0. The Balaban J connectivity index is 1.27. The molecule has 7 heteroatoms. The number of fused-ring (bicyclic) bond motifs is 11. The van der Waals surface area contributed by atoms with Gasteiger partial charge in [-0.2, -0.15) is 4.98 Å². The van der Waals surface area contributed by atoms with E-state index in [1.807, 2.05) is 24.3 Å². The number of aromatic nitrogens is 6. The van der Waals surface area contributed by atoms with Crippen molar-refractivity contribution in [2.75, 3.05) is 0 Å². The van der Waals surface area contributed by atoms with Crippen LogP contribution in [0.25, 0.3) is 99.5 Å². The first-order valence-corrected chi connectivity index (χ1v) is 16.2. The van der Waals surface area contributed by atoms with Crippen LogP contribution in [-0.2, 0) is 0 Å². The number of hydrogen-bond donors (Lipinski definition) is 0. The van der Waals surface area contributed by atoms with Crippen molar-refractivity contribution in [3.8, 4) is 23.0 Å². The smallest absolute Gasteiger partial charge is 0.238 e. The summed E-state index contributed by atoms with van der Waals surface area (Å²) in [6, 6.07) is 46.3. The lowest BCUT2D eigenvalue weighted by molar-refractivity contribution is 0.651. The molecule has 6 aromatic carbocycles. The van der Waals surface area contributed by atoms with Crippen molar-refractivity contribution in [3.05, 3.63) is 146 Å². The Labute approximate surface area is 278 Å². The highest BCUT2D eigenvalue weighted by Gasteiger charge is 2.24. The van der Waals surface area contributed by atoms with Crippen molar-refractivity contribution in [1.82, 2.24) is 29.1 Å². The molecule has 228 valence electrons. The Bertz CT molecular complexity index is 3120. The van der Waals surface area contributed by atoms with Crippen LogP contribution in [0.4, 0.5) is 0 Å². The van der Waals surface area contributed by atoms with E-state index in [0.717, 1.165) is 82.4 Å². The van der Waals surface area contributed by atoms with Crippen molar-refractivity contribution in [2.24, 2.45) is 0 Å². The van der Waals surface area contributed by atoms with E-state index in [1.165, 1.54) is 5.39 Å². The summed E-state index contributed by atoms with van der Waals surface area (Å²) in [7, 11) is 0. The van der Waals surface area contributed by atoms with Crippen molar-refractivity contribution in [2.45, 2.75) is 0 Å². The van der Waals surface area contributed by atoms with Crippen LogP contribution in [-0.4, -0.2) is 29.1 Å². The minimum absolute atomic E-state index is 0.555. The number of nitrogens with zero attached hydrogens (tertiary/aromatic N) is 6.